The molecule has 0 saturated heterocycles. The van der Waals surface area contributed by atoms with Gasteiger partial charge in [-0.25, -0.2) is 0 Å². The summed E-state index contributed by atoms with van der Waals surface area (Å²) >= 11 is 0. The van der Waals surface area contributed by atoms with Crippen LogP contribution in [0.25, 0.3) is 0 Å². The van der Waals surface area contributed by atoms with Crippen molar-refractivity contribution < 1.29 is 4.74 Å². The van der Waals surface area contributed by atoms with Crippen LogP contribution in [0.3, 0.4) is 0 Å². The Labute approximate surface area is 98.8 Å². The molecule has 1 nitrogen and oxygen atoms in total. The number of hydrogen-bond donors (Lipinski definition) is 0. The minimum atomic E-state index is -0.552. The molecule has 0 saturated carbocycles. The predicted octanol–water partition coefficient (Wildman–Crippen LogP) is 3.77. The highest BCUT2D eigenvalue weighted by atomic mass is 16.5. The highest BCUT2D eigenvalue weighted by Gasteiger charge is 2.17. The van der Waals surface area contributed by atoms with Crippen LogP contribution in [-0.2, 0) is 5.41 Å². The van der Waals surface area contributed by atoms with E-state index in [0.29, 0.717) is 0 Å². The molecule has 0 bridgehead atoms. The van der Waals surface area contributed by atoms with Crippen molar-refractivity contribution in [2.45, 2.75) is 45.6 Å². The maximum atomic E-state index is 5.68. The van der Waals surface area contributed by atoms with E-state index in [1.54, 1.807) is 0 Å². The van der Waals surface area contributed by atoms with Gasteiger partial charge in [0, 0.05) is 0 Å². The summed E-state index contributed by atoms with van der Waals surface area (Å²) < 4.78 is 5.68. The summed E-state index contributed by atoms with van der Waals surface area (Å²) in [7, 11) is 0. The lowest BCUT2D eigenvalue weighted by Crippen LogP contribution is -2.25. The third kappa shape index (κ3) is 3.31. The van der Waals surface area contributed by atoms with Gasteiger partial charge < -0.3 is 4.74 Å². The van der Waals surface area contributed by atoms with Crippen LogP contribution in [0.1, 0.15) is 40.2 Å². The van der Waals surface area contributed by atoms with Gasteiger partial charge in [-0.3, -0.25) is 0 Å². The zero-order valence-electron chi connectivity index (χ0n) is 10.8. The van der Waals surface area contributed by atoms with Gasteiger partial charge in [0.05, 0.1) is 0 Å². The maximum Gasteiger partial charge on any atom is 0.163 e. The van der Waals surface area contributed by atoms with Crippen LogP contribution in [0.5, 0.6) is 5.75 Å². The lowest BCUT2D eigenvalue weighted by Gasteiger charge is -2.22. The summed E-state index contributed by atoms with van der Waals surface area (Å²) in [6.07, 6.45) is 5.38. The molecule has 0 spiro atoms. The molecule has 0 aliphatic rings. The first kappa shape index (κ1) is 12.6. The fourth-order valence-corrected chi connectivity index (χ4v) is 1.35. The molecule has 86 valence electrons. The summed E-state index contributed by atoms with van der Waals surface area (Å²) in [5.74, 6) is 3.43. The molecule has 0 heterocycles. The second-order valence-corrected chi connectivity index (χ2v) is 5.53. The standard InChI is InChI=1S/C15H20O/c1-7-15(5,6)16-13-10-8-12(9-11-13)14(2,3)4/h1,8-11H,2-6H3. The average molecular weight is 216 g/mol. The van der Waals surface area contributed by atoms with Gasteiger partial charge in [-0.1, -0.05) is 38.8 Å². The number of terminal acetylenes is 1. The number of ether oxygens (including phenoxy) is 1. The van der Waals surface area contributed by atoms with Gasteiger partial charge in [-0.15, -0.1) is 6.42 Å². The van der Waals surface area contributed by atoms with E-state index in [1.165, 1.54) is 5.56 Å². The molecule has 1 aromatic carbocycles. The fraction of sp³-hybridized carbons (Fsp3) is 0.467. The van der Waals surface area contributed by atoms with Crippen LogP contribution in [0, 0.1) is 12.3 Å². The van der Waals surface area contributed by atoms with E-state index in [9.17, 15) is 0 Å². The second-order valence-electron chi connectivity index (χ2n) is 5.53. The van der Waals surface area contributed by atoms with Crippen molar-refractivity contribution in [2.24, 2.45) is 0 Å². The van der Waals surface area contributed by atoms with Gasteiger partial charge in [0.15, 0.2) is 5.60 Å². The molecular formula is C15H20O. The van der Waals surface area contributed by atoms with Crippen LogP contribution in [0.15, 0.2) is 24.3 Å². The first-order valence-electron chi connectivity index (χ1n) is 5.52. The highest BCUT2D eigenvalue weighted by Crippen LogP contribution is 2.25. The molecule has 0 fully saturated rings. The number of rotatable bonds is 2. The summed E-state index contributed by atoms with van der Waals surface area (Å²) in [6.45, 7) is 10.3. The van der Waals surface area contributed by atoms with Crippen molar-refractivity contribution in [1.82, 2.24) is 0 Å². The Kier molecular flexibility index (Phi) is 3.33. The number of benzene rings is 1. The largest absolute Gasteiger partial charge is 0.475 e. The fourth-order valence-electron chi connectivity index (χ4n) is 1.35. The van der Waals surface area contributed by atoms with Crippen LogP contribution in [0.4, 0.5) is 0 Å². The maximum absolute atomic E-state index is 5.68. The zero-order valence-corrected chi connectivity index (χ0v) is 10.8. The molecule has 16 heavy (non-hydrogen) atoms. The zero-order chi connectivity index (χ0) is 12.4. The van der Waals surface area contributed by atoms with Crippen molar-refractivity contribution in [1.29, 1.82) is 0 Å². The molecule has 0 N–H and O–H groups in total. The van der Waals surface area contributed by atoms with E-state index in [0.717, 1.165) is 5.75 Å². The predicted molar refractivity (Wildman–Crippen MR) is 68.7 cm³/mol. The third-order valence-electron chi connectivity index (χ3n) is 2.44. The molecule has 0 aliphatic carbocycles. The van der Waals surface area contributed by atoms with Gasteiger partial charge in [0.2, 0.25) is 0 Å². The molecule has 0 radical (unpaired) electrons. The molecule has 1 heteroatoms. The smallest absolute Gasteiger partial charge is 0.163 e. The quantitative estimate of drug-likeness (QED) is 0.684. The molecule has 1 aromatic rings. The van der Waals surface area contributed by atoms with Gasteiger partial charge in [0.1, 0.15) is 5.75 Å². The Morgan fingerprint density at radius 3 is 1.88 bits per heavy atom. The van der Waals surface area contributed by atoms with Gasteiger partial charge in [-0.05, 0) is 37.0 Å². The molecule has 0 aromatic heterocycles. The topological polar surface area (TPSA) is 9.23 Å². The first-order chi connectivity index (χ1) is 7.24. The highest BCUT2D eigenvalue weighted by molar-refractivity contribution is 5.32. The van der Waals surface area contributed by atoms with Crippen LogP contribution in [-0.4, -0.2) is 5.60 Å². The van der Waals surface area contributed by atoms with Crippen molar-refractivity contribution in [2.75, 3.05) is 0 Å². The van der Waals surface area contributed by atoms with E-state index in [-0.39, 0.29) is 5.41 Å². The Hall–Kier alpha value is -1.42. The summed E-state index contributed by atoms with van der Waals surface area (Å²) in [5.41, 5.74) is 0.905. The molecule has 0 atom stereocenters. The monoisotopic (exact) mass is 216 g/mol. The summed E-state index contributed by atoms with van der Waals surface area (Å²) in [5, 5.41) is 0. The van der Waals surface area contributed by atoms with Crippen molar-refractivity contribution in [3.05, 3.63) is 29.8 Å². The Bertz CT molecular complexity index is 385. The second kappa shape index (κ2) is 4.22. The van der Waals surface area contributed by atoms with Gasteiger partial charge in [0.25, 0.3) is 0 Å². The van der Waals surface area contributed by atoms with Gasteiger partial charge >= 0.3 is 0 Å². The minimum absolute atomic E-state index is 0.167. The Morgan fingerprint density at radius 1 is 1.00 bits per heavy atom. The van der Waals surface area contributed by atoms with E-state index >= 15 is 0 Å². The normalized spacial score (nSPS) is 12.0. The van der Waals surface area contributed by atoms with Crippen LogP contribution in [0.2, 0.25) is 0 Å². The SMILES string of the molecule is C#CC(C)(C)Oc1ccc(C(C)(C)C)cc1. The average Bonchev–Trinajstić information content (AvgIpc) is 2.16. The van der Waals surface area contributed by atoms with Crippen LogP contribution < -0.4 is 4.74 Å². The molecular weight excluding hydrogens is 196 g/mol. The Morgan fingerprint density at radius 2 is 1.50 bits per heavy atom. The molecule has 0 amide bonds. The Balaban J connectivity index is 2.85. The van der Waals surface area contributed by atoms with E-state index in [1.807, 2.05) is 26.0 Å². The first-order valence-corrected chi connectivity index (χ1v) is 5.52. The van der Waals surface area contributed by atoms with Crippen molar-refractivity contribution in [3.8, 4) is 18.1 Å². The van der Waals surface area contributed by atoms with E-state index in [4.69, 9.17) is 11.2 Å². The number of hydrogen-bond acceptors (Lipinski definition) is 1. The van der Waals surface area contributed by atoms with Crippen molar-refractivity contribution >= 4 is 0 Å². The third-order valence-corrected chi connectivity index (χ3v) is 2.44. The van der Waals surface area contributed by atoms with E-state index < -0.39 is 5.60 Å². The summed E-state index contributed by atoms with van der Waals surface area (Å²) in [6, 6.07) is 8.11. The lowest BCUT2D eigenvalue weighted by atomic mass is 9.87. The van der Waals surface area contributed by atoms with Gasteiger partial charge in [-0.2, -0.15) is 0 Å². The molecule has 0 aliphatic heterocycles. The van der Waals surface area contributed by atoms with E-state index in [2.05, 4.69) is 38.8 Å². The molecule has 1 rings (SSSR count). The lowest BCUT2D eigenvalue weighted by molar-refractivity contribution is 0.172. The molecule has 0 unspecified atom stereocenters. The van der Waals surface area contributed by atoms with Crippen LogP contribution >= 0.6 is 0 Å². The minimum Gasteiger partial charge on any atom is -0.475 e. The summed E-state index contributed by atoms with van der Waals surface area (Å²) in [4.78, 5) is 0. The van der Waals surface area contributed by atoms with Crippen molar-refractivity contribution in [3.63, 3.8) is 0 Å².